The van der Waals surface area contributed by atoms with E-state index in [1.165, 1.54) is 17.4 Å². The Morgan fingerprint density at radius 2 is 2.07 bits per heavy atom. The fraction of sp³-hybridized carbons (Fsp3) is 0.316. The molecule has 6 nitrogen and oxygen atoms in total. The van der Waals surface area contributed by atoms with E-state index in [9.17, 15) is 13.6 Å². The predicted octanol–water partition coefficient (Wildman–Crippen LogP) is 4.33. The SMILES string of the molecule is Cc1nn(C)c(C)c1CCC(=O)Nc1nc(-c2ccccc2OC(F)F)cs1. The Labute approximate surface area is 165 Å². The van der Waals surface area contributed by atoms with Crippen LogP contribution in [0.5, 0.6) is 5.75 Å². The van der Waals surface area contributed by atoms with E-state index in [1.807, 2.05) is 20.9 Å². The Morgan fingerprint density at radius 3 is 2.75 bits per heavy atom. The Morgan fingerprint density at radius 1 is 1.32 bits per heavy atom. The summed E-state index contributed by atoms with van der Waals surface area (Å²) in [5.74, 6) is -0.121. The van der Waals surface area contributed by atoms with Crippen LogP contribution in [0.3, 0.4) is 0 Å². The molecule has 2 aromatic heterocycles. The van der Waals surface area contributed by atoms with Gasteiger partial charge in [-0.05, 0) is 38.0 Å². The molecule has 148 valence electrons. The lowest BCUT2D eigenvalue weighted by Crippen LogP contribution is -2.12. The largest absolute Gasteiger partial charge is 0.434 e. The third-order valence-electron chi connectivity index (χ3n) is 4.39. The van der Waals surface area contributed by atoms with Crippen LogP contribution >= 0.6 is 11.3 Å². The summed E-state index contributed by atoms with van der Waals surface area (Å²) in [5, 5.41) is 9.21. The number of thiazole rings is 1. The van der Waals surface area contributed by atoms with Crippen molar-refractivity contribution in [2.75, 3.05) is 5.32 Å². The average Bonchev–Trinajstić information content (AvgIpc) is 3.18. The molecule has 2 heterocycles. The second-order valence-electron chi connectivity index (χ2n) is 6.23. The Kier molecular flexibility index (Phi) is 6.03. The number of hydrogen-bond acceptors (Lipinski definition) is 5. The number of nitrogens with zero attached hydrogens (tertiary/aromatic N) is 3. The van der Waals surface area contributed by atoms with Gasteiger partial charge in [0, 0.05) is 30.1 Å². The summed E-state index contributed by atoms with van der Waals surface area (Å²) in [6, 6.07) is 6.42. The van der Waals surface area contributed by atoms with Crippen LogP contribution in [0.2, 0.25) is 0 Å². The lowest BCUT2D eigenvalue weighted by atomic mass is 10.1. The fourth-order valence-corrected chi connectivity index (χ4v) is 3.66. The van der Waals surface area contributed by atoms with Gasteiger partial charge in [-0.2, -0.15) is 13.9 Å². The molecule has 0 aliphatic heterocycles. The van der Waals surface area contributed by atoms with Crippen LogP contribution in [0.4, 0.5) is 13.9 Å². The van der Waals surface area contributed by atoms with Crippen LogP contribution in [0.15, 0.2) is 29.6 Å². The summed E-state index contributed by atoms with van der Waals surface area (Å²) < 4.78 is 31.5. The summed E-state index contributed by atoms with van der Waals surface area (Å²) in [6.07, 6.45) is 0.883. The molecule has 0 fully saturated rings. The van der Waals surface area contributed by atoms with Crippen molar-refractivity contribution in [1.82, 2.24) is 14.8 Å². The highest BCUT2D eigenvalue weighted by atomic mass is 32.1. The Balaban J connectivity index is 1.66. The molecular weight excluding hydrogens is 386 g/mol. The van der Waals surface area contributed by atoms with Gasteiger partial charge in [0.25, 0.3) is 0 Å². The number of ether oxygens (including phenoxy) is 1. The molecule has 1 N–H and O–H groups in total. The highest BCUT2D eigenvalue weighted by Gasteiger charge is 2.15. The van der Waals surface area contributed by atoms with E-state index >= 15 is 0 Å². The van der Waals surface area contributed by atoms with Crippen molar-refractivity contribution >= 4 is 22.4 Å². The average molecular weight is 406 g/mol. The number of carbonyl (C=O) groups excluding carboxylic acids is 1. The van der Waals surface area contributed by atoms with Crippen LogP contribution in [0, 0.1) is 13.8 Å². The number of anilines is 1. The van der Waals surface area contributed by atoms with E-state index in [-0.39, 0.29) is 11.7 Å². The van der Waals surface area contributed by atoms with Gasteiger partial charge in [-0.3, -0.25) is 9.48 Å². The van der Waals surface area contributed by atoms with Crippen molar-refractivity contribution in [3.63, 3.8) is 0 Å². The molecule has 0 saturated heterocycles. The van der Waals surface area contributed by atoms with E-state index in [1.54, 1.807) is 28.3 Å². The number of para-hydroxylation sites is 1. The minimum Gasteiger partial charge on any atom is -0.434 e. The molecule has 1 amide bonds. The molecule has 9 heteroatoms. The molecule has 0 bridgehead atoms. The van der Waals surface area contributed by atoms with Crippen molar-refractivity contribution in [3.8, 4) is 17.0 Å². The second-order valence-corrected chi connectivity index (χ2v) is 7.09. The maximum absolute atomic E-state index is 12.6. The first-order chi connectivity index (χ1) is 13.3. The number of benzene rings is 1. The van der Waals surface area contributed by atoms with E-state index < -0.39 is 6.61 Å². The molecule has 0 spiro atoms. The first-order valence-electron chi connectivity index (χ1n) is 8.63. The second kappa shape index (κ2) is 8.47. The molecular formula is C19H20F2N4O2S. The van der Waals surface area contributed by atoms with Crippen molar-refractivity contribution in [2.24, 2.45) is 7.05 Å². The molecule has 0 aliphatic rings. The number of hydrogen-bond donors (Lipinski definition) is 1. The predicted molar refractivity (Wildman–Crippen MR) is 104 cm³/mol. The smallest absolute Gasteiger partial charge is 0.387 e. The van der Waals surface area contributed by atoms with Crippen LogP contribution < -0.4 is 10.1 Å². The highest BCUT2D eigenvalue weighted by molar-refractivity contribution is 7.14. The molecule has 3 rings (SSSR count). The monoisotopic (exact) mass is 406 g/mol. The molecule has 0 aliphatic carbocycles. The van der Waals surface area contributed by atoms with Crippen molar-refractivity contribution in [2.45, 2.75) is 33.3 Å². The first kappa shape index (κ1) is 19.9. The molecule has 0 radical (unpaired) electrons. The number of amides is 1. The number of rotatable bonds is 7. The number of nitrogens with one attached hydrogen (secondary N) is 1. The zero-order valence-corrected chi connectivity index (χ0v) is 16.5. The minimum absolute atomic E-state index is 0.0446. The van der Waals surface area contributed by atoms with Gasteiger partial charge in [0.2, 0.25) is 5.91 Å². The molecule has 3 aromatic rings. The van der Waals surface area contributed by atoms with Crippen molar-refractivity contribution < 1.29 is 18.3 Å². The van der Waals surface area contributed by atoms with Crippen LogP contribution in [-0.2, 0) is 18.3 Å². The third kappa shape index (κ3) is 4.53. The number of aromatic nitrogens is 3. The van der Waals surface area contributed by atoms with Crippen LogP contribution in [0.25, 0.3) is 11.3 Å². The van der Waals surface area contributed by atoms with E-state index in [0.29, 0.717) is 29.2 Å². The molecule has 1 aromatic carbocycles. The maximum atomic E-state index is 12.6. The zero-order chi connectivity index (χ0) is 20.3. The Hall–Kier alpha value is -2.81. The fourth-order valence-electron chi connectivity index (χ4n) is 2.93. The zero-order valence-electron chi connectivity index (χ0n) is 15.7. The van der Waals surface area contributed by atoms with Crippen LogP contribution in [0.1, 0.15) is 23.4 Å². The standard InChI is InChI=1S/C19H20F2N4O2S/c1-11-13(12(2)25(3)24-11)8-9-17(26)23-19-22-15(10-28-19)14-6-4-5-7-16(14)27-18(20)21/h4-7,10,18H,8-9H2,1-3H3,(H,22,23,26). The van der Waals surface area contributed by atoms with Gasteiger partial charge in [0.05, 0.1) is 11.4 Å². The van der Waals surface area contributed by atoms with Gasteiger partial charge < -0.3 is 10.1 Å². The number of halogens is 2. The molecule has 0 saturated carbocycles. The quantitative estimate of drug-likeness (QED) is 0.634. The van der Waals surface area contributed by atoms with Crippen molar-refractivity contribution in [3.05, 3.63) is 46.6 Å². The molecule has 0 atom stereocenters. The van der Waals surface area contributed by atoms with Gasteiger partial charge in [0.1, 0.15) is 5.75 Å². The van der Waals surface area contributed by atoms with Crippen molar-refractivity contribution in [1.29, 1.82) is 0 Å². The third-order valence-corrected chi connectivity index (χ3v) is 5.15. The van der Waals surface area contributed by atoms with Gasteiger partial charge >= 0.3 is 6.61 Å². The normalized spacial score (nSPS) is 11.1. The summed E-state index contributed by atoms with van der Waals surface area (Å²) in [4.78, 5) is 16.6. The minimum atomic E-state index is -2.92. The highest BCUT2D eigenvalue weighted by Crippen LogP contribution is 2.33. The Bertz CT molecular complexity index is 984. The first-order valence-corrected chi connectivity index (χ1v) is 9.51. The van der Waals surface area contributed by atoms with E-state index in [2.05, 4.69) is 20.1 Å². The van der Waals surface area contributed by atoms with Gasteiger partial charge in [-0.15, -0.1) is 11.3 Å². The van der Waals surface area contributed by atoms with E-state index in [4.69, 9.17) is 0 Å². The number of carbonyl (C=O) groups is 1. The van der Waals surface area contributed by atoms with Gasteiger partial charge in [-0.25, -0.2) is 4.98 Å². The number of aryl methyl sites for hydroxylation is 2. The van der Waals surface area contributed by atoms with Gasteiger partial charge in [-0.1, -0.05) is 12.1 Å². The van der Waals surface area contributed by atoms with Gasteiger partial charge in [0.15, 0.2) is 5.13 Å². The summed E-state index contributed by atoms with van der Waals surface area (Å²) in [6.45, 7) is 0.976. The van der Waals surface area contributed by atoms with E-state index in [0.717, 1.165) is 17.0 Å². The summed E-state index contributed by atoms with van der Waals surface area (Å²) in [5.41, 5.74) is 3.93. The summed E-state index contributed by atoms with van der Waals surface area (Å²) >= 11 is 1.23. The maximum Gasteiger partial charge on any atom is 0.387 e. The lowest BCUT2D eigenvalue weighted by molar-refractivity contribution is -0.116. The number of alkyl halides is 2. The molecule has 28 heavy (non-hydrogen) atoms. The van der Waals surface area contributed by atoms with Crippen LogP contribution in [-0.4, -0.2) is 27.3 Å². The summed E-state index contributed by atoms with van der Waals surface area (Å²) in [7, 11) is 1.87. The molecule has 0 unspecified atom stereocenters. The topological polar surface area (TPSA) is 69.0 Å². The lowest BCUT2D eigenvalue weighted by Gasteiger charge is -2.08.